The van der Waals surface area contributed by atoms with Crippen LogP contribution in [0.25, 0.3) is 11.0 Å². The van der Waals surface area contributed by atoms with Crippen LogP contribution in [0.1, 0.15) is 5.76 Å². The van der Waals surface area contributed by atoms with Gasteiger partial charge in [0.15, 0.2) is 5.75 Å². The molecule has 1 aromatic heterocycles. The van der Waals surface area contributed by atoms with Gasteiger partial charge in [-0.1, -0.05) is 18.2 Å². The van der Waals surface area contributed by atoms with Gasteiger partial charge in [-0.3, -0.25) is 10.1 Å². The van der Waals surface area contributed by atoms with Crippen molar-refractivity contribution in [2.45, 2.75) is 6.54 Å². The zero-order valence-electron chi connectivity index (χ0n) is 11.9. The molecule has 0 radical (unpaired) electrons. The maximum Gasteiger partial charge on any atom is 0.311 e. The molecule has 3 rings (SSSR count). The van der Waals surface area contributed by atoms with Crippen LogP contribution >= 0.6 is 0 Å². The summed E-state index contributed by atoms with van der Waals surface area (Å²) in [5.41, 5.74) is 1.50. The molecular weight excluding hydrogens is 284 g/mol. The average molecular weight is 298 g/mol. The third-order valence-electron chi connectivity index (χ3n) is 3.32. The monoisotopic (exact) mass is 298 g/mol. The SMILES string of the molecule is COc1cc(NCc2cc3ccccc3o2)ccc1[N+](=O)[O-]. The Hall–Kier alpha value is -3.02. The minimum absolute atomic E-state index is 0.0585. The number of methoxy groups -OCH3 is 1. The van der Waals surface area contributed by atoms with E-state index in [-0.39, 0.29) is 11.4 Å². The Morgan fingerprint density at radius 2 is 2.05 bits per heavy atom. The highest BCUT2D eigenvalue weighted by Crippen LogP contribution is 2.30. The smallest absolute Gasteiger partial charge is 0.311 e. The second-order valence-corrected chi connectivity index (χ2v) is 4.75. The molecule has 0 saturated carbocycles. The highest BCUT2D eigenvalue weighted by Gasteiger charge is 2.14. The van der Waals surface area contributed by atoms with Gasteiger partial charge in [-0.2, -0.15) is 0 Å². The predicted octanol–water partition coefficient (Wildman–Crippen LogP) is 3.96. The van der Waals surface area contributed by atoms with Gasteiger partial charge < -0.3 is 14.5 Å². The average Bonchev–Trinajstić information content (AvgIpc) is 2.95. The van der Waals surface area contributed by atoms with Crippen molar-refractivity contribution < 1.29 is 14.1 Å². The lowest BCUT2D eigenvalue weighted by Gasteiger charge is -2.07. The molecule has 6 heteroatoms. The Labute approximate surface area is 126 Å². The highest BCUT2D eigenvalue weighted by molar-refractivity contribution is 5.77. The third kappa shape index (κ3) is 2.71. The molecule has 6 nitrogen and oxygen atoms in total. The molecular formula is C16H14N2O4. The number of para-hydroxylation sites is 1. The van der Waals surface area contributed by atoms with E-state index in [4.69, 9.17) is 9.15 Å². The molecule has 0 aliphatic carbocycles. The van der Waals surface area contributed by atoms with Crippen LogP contribution in [0.5, 0.6) is 5.75 Å². The van der Waals surface area contributed by atoms with Crippen LogP contribution in [-0.2, 0) is 6.54 Å². The number of ether oxygens (including phenoxy) is 1. The van der Waals surface area contributed by atoms with Crippen LogP contribution in [0, 0.1) is 10.1 Å². The summed E-state index contributed by atoms with van der Waals surface area (Å²) in [4.78, 5) is 10.4. The number of hydrogen-bond donors (Lipinski definition) is 1. The zero-order chi connectivity index (χ0) is 15.5. The van der Waals surface area contributed by atoms with Crippen molar-refractivity contribution >= 4 is 22.3 Å². The lowest BCUT2D eigenvalue weighted by atomic mass is 10.2. The first kappa shape index (κ1) is 13.9. The number of hydrogen-bond acceptors (Lipinski definition) is 5. The summed E-state index contributed by atoms with van der Waals surface area (Å²) in [5.74, 6) is 1.01. The van der Waals surface area contributed by atoms with Crippen LogP contribution in [0.2, 0.25) is 0 Å². The van der Waals surface area contributed by atoms with Gasteiger partial charge >= 0.3 is 5.69 Å². The normalized spacial score (nSPS) is 10.6. The van der Waals surface area contributed by atoms with Gasteiger partial charge in [0.25, 0.3) is 0 Å². The first-order chi connectivity index (χ1) is 10.7. The number of rotatable bonds is 5. The van der Waals surface area contributed by atoms with Gasteiger partial charge in [-0.25, -0.2) is 0 Å². The van der Waals surface area contributed by atoms with Crippen molar-refractivity contribution in [2.75, 3.05) is 12.4 Å². The zero-order valence-corrected chi connectivity index (χ0v) is 11.9. The number of nitro benzene ring substituents is 1. The number of anilines is 1. The lowest BCUT2D eigenvalue weighted by Crippen LogP contribution is -2.00. The van der Waals surface area contributed by atoms with E-state index in [0.29, 0.717) is 6.54 Å². The van der Waals surface area contributed by atoms with Gasteiger partial charge in [-0.05, 0) is 18.2 Å². The molecule has 0 spiro atoms. The molecule has 22 heavy (non-hydrogen) atoms. The fraction of sp³-hybridized carbons (Fsp3) is 0.125. The number of benzene rings is 2. The molecule has 0 saturated heterocycles. The molecule has 0 bridgehead atoms. The summed E-state index contributed by atoms with van der Waals surface area (Å²) in [7, 11) is 1.41. The third-order valence-corrected chi connectivity index (χ3v) is 3.32. The van der Waals surface area contributed by atoms with E-state index in [1.165, 1.54) is 13.2 Å². The molecule has 0 amide bonds. The number of nitro groups is 1. The number of nitrogens with one attached hydrogen (secondary N) is 1. The van der Waals surface area contributed by atoms with Crippen molar-refractivity contribution in [3.63, 3.8) is 0 Å². The van der Waals surface area contributed by atoms with Crippen molar-refractivity contribution in [3.05, 3.63) is 64.4 Å². The molecule has 112 valence electrons. The van der Waals surface area contributed by atoms with Gasteiger partial charge in [0, 0.05) is 23.2 Å². The van der Waals surface area contributed by atoms with E-state index in [1.54, 1.807) is 12.1 Å². The lowest BCUT2D eigenvalue weighted by molar-refractivity contribution is -0.385. The Morgan fingerprint density at radius 1 is 1.23 bits per heavy atom. The van der Waals surface area contributed by atoms with Crippen molar-refractivity contribution in [2.24, 2.45) is 0 Å². The second-order valence-electron chi connectivity index (χ2n) is 4.75. The fourth-order valence-electron chi connectivity index (χ4n) is 2.25. The Balaban J connectivity index is 1.77. The van der Waals surface area contributed by atoms with Crippen molar-refractivity contribution in [1.82, 2.24) is 0 Å². The fourth-order valence-corrected chi connectivity index (χ4v) is 2.25. The minimum Gasteiger partial charge on any atom is -0.490 e. The van der Waals surface area contributed by atoms with E-state index in [1.807, 2.05) is 30.3 Å². The number of nitrogens with zero attached hydrogens (tertiary/aromatic N) is 1. The quantitative estimate of drug-likeness (QED) is 0.569. The second kappa shape index (κ2) is 5.77. The topological polar surface area (TPSA) is 77.5 Å². The van der Waals surface area contributed by atoms with Crippen LogP contribution in [0.4, 0.5) is 11.4 Å². The molecule has 0 atom stereocenters. The standard InChI is InChI=1S/C16H14N2O4/c1-21-16-9-12(6-7-14(16)18(19)20)17-10-13-8-11-4-2-3-5-15(11)22-13/h2-9,17H,10H2,1H3. The Kier molecular flexibility index (Phi) is 3.65. The van der Waals surface area contributed by atoms with Crippen molar-refractivity contribution in [1.29, 1.82) is 0 Å². The van der Waals surface area contributed by atoms with Gasteiger partial charge in [0.2, 0.25) is 0 Å². The summed E-state index contributed by atoms with van der Waals surface area (Å²) in [6.07, 6.45) is 0. The summed E-state index contributed by atoms with van der Waals surface area (Å²) < 4.78 is 10.7. The summed E-state index contributed by atoms with van der Waals surface area (Å²) in [5, 5.41) is 15.1. The first-order valence-corrected chi connectivity index (χ1v) is 6.71. The number of fused-ring (bicyclic) bond motifs is 1. The summed E-state index contributed by atoms with van der Waals surface area (Å²) in [6.45, 7) is 0.482. The van der Waals surface area contributed by atoms with Crippen LogP contribution in [0.15, 0.2) is 52.9 Å². The molecule has 3 aromatic rings. The van der Waals surface area contributed by atoms with Gasteiger partial charge in [0.1, 0.15) is 11.3 Å². The highest BCUT2D eigenvalue weighted by atomic mass is 16.6. The summed E-state index contributed by atoms with van der Waals surface area (Å²) >= 11 is 0. The summed E-state index contributed by atoms with van der Waals surface area (Å²) in [6, 6.07) is 14.4. The predicted molar refractivity (Wildman–Crippen MR) is 83.2 cm³/mol. The molecule has 1 heterocycles. The molecule has 1 N–H and O–H groups in total. The van der Waals surface area contributed by atoms with E-state index in [2.05, 4.69) is 5.32 Å². The van der Waals surface area contributed by atoms with Crippen molar-refractivity contribution in [3.8, 4) is 5.75 Å². The molecule has 2 aromatic carbocycles. The van der Waals surface area contributed by atoms with Gasteiger partial charge in [0.05, 0.1) is 18.6 Å². The molecule has 0 unspecified atom stereocenters. The largest absolute Gasteiger partial charge is 0.490 e. The molecule has 0 aliphatic rings. The molecule has 0 aliphatic heterocycles. The van der Waals surface area contributed by atoms with Crippen LogP contribution < -0.4 is 10.1 Å². The first-order valence-electron chi connectivity index (χ1n) is 6.71. The van der Waals surface area contributed by atoms with Crippen LogP contribution in [0.3, 0.4) is 0 Å². The molecule has 0 fully saturated rings. The van der Waals surface area contributed by atoms with E-state index >= 15 is 0 Å². The van der Waals surface area contributed by atoms with E-state index < -0.39 is 4.92 Å². The number of furan rings is 1. The van der Waals surface area contributed by atoms with E-state index in [0.717, 1.165) is 22.4 Å². The Bertz CT molecular complexity index is 793. The van der Waals surface area contributed by atoms with Gasteiger partial charge in [-0.15, -0.1) is 0 Å². The maximum atomic E-state index is 10.9. The van der Waals surface area contributed by atoms with E-state index in [9.17, 15) is 10.1 Å². The van der Waals surface area contributed by atoms with Crippen LogP contribution in [-0.4, -0.2) is 12.0 Å². The minimum atomic E-state index is -0.470. The maximum absolute atomic E-state index is 10.9. The Morgan fingerprint density at radius 3 is 2.77 bits per heavy atom.